The molecular formula is C26H26N2OS. The van der Waals surface area contributed by atoms with Crippen LogP contribution in [0.4, 0.5) is 5.13 Å². The Balaban J connectivity index is 1.71. The molecule has 0 fully saturated rings. The number of carbonyl (C=O) groups is 1. The van der Waals surface area contributed by atoms with Gasteiger partial charge in [0, 0.05) is 0 Å². The molecule has 3 nitrogen and oxygen atoms in total. The van der Waals surface area contributed by atoms with E-state index in [9.17, 15) is 4.79 Å². The smallest absolute Gasteiger partial charge is 0.233 e. The third-order valence-corrected chi connectivity index (χ3v) is 6.47. The number of amides is 1. The first-order valence-corrected chi connectivity index (χ1v) is 11.2. The minimum absolute atomic E-state index is 0.0721. The lowest BCUT2D eigenvalue weighted by Crippen LogP contribution is -2.31. The van der Waals surface area contributed by atoms with E-state index in [1.54, 1.807) is 11.3 Å². The largest absolute Gasteiger partial charge is 0.283 e. The first-order chi connectivity index (χ1) is 14.5. The molecular weight excluding hydrogens is 388 g/mol. The molecule has 0 atom stereocenters. The Bertz CT molecular complexity index is 1180. The van der Waals surface area contributed by atoms with Crippen molar-refractivity contribution in [3.8, 4) is 0 Å². The lowest BCUT2D eigenvalue weighted by atomic mass is 10.0. The summed E-state index contributed by atoms with van der Waals surface area (Å²) in [7, 11) is 0. The van der Waals surface area contributed by atoms with Crippen LogP contribution in [0.3, 0.4) is 0 Å². The van der Waals surface area contributed by atoms with Crippen molar-refractivity contribution in [2.45, 2.75) is 40.2 Å². The second kappa shape index (κ2) is 8.80. The van der Waals surface area contributed by atoms with Crippen LogP contribution in [0.1, 0.15) is 34.7 Å². The Kier molecular flexibility index (Phi) is 5.96. The molecule has 30 heavy (non-hydrogen) atoms. The molecule has 1 amide bonds. The summed E-state index contributed by atoms with van der Waals surface area (Å²) in [6.45, 7) is 6.81. The van der Waals surface area contributed by atoms with Gasteiger partial charge in [-0.15, -0.1) is 0 Å². The van der Waals surface area contributed by atoms with Gasteiger partial charge in [0.1, 0.15) is 0 Å². The van der Waals surface area contributed by atoms with E-state index < -0.39 is 0 Å². The zero-order valence-electron chi connectivity index (χ0n) is 17.7. The molecule has 152 valence electrons. The maximum absolute atomic E-state index is 13.5. The van der Waals surface area contributed by atoms with Gasteiger partial charge in [-0.05, 0) is 48.6 Å². The number of hydrogen-bond acceptors (Lipinski definition) is 3. The average Bonchev–Trinajstić information content (AvgIpc) is 3.18. The summed E-state index contributed by atoms with van der Waals surface area (Å²) in [6.07, 6.45) is 1.30. The molecule has 4 heteroatoms. The number of nitrogens with zero attached hydrogens (tertiary/aromatic N) is 2. The van der Waals surface area contributed by atoms with Crippen LogP contribution in [-0.2, 0) is 24.2 Å². The van der Waals surface area contributed by atoms with Gasteiger partial charge in [-0.25, -0.2) is 4.98 Å². The summed E-state index contributed by atoms with van der Waals surface area (Å²) in [4.78, 5) is 20.2. The highest BCUT2D eigenvalue weighted by Crippen LogP contribution is 2.32. The Hall–Kier alpha value is -2.98. The minimum atomic E-state index is 0.0721. The number of aryl methyl sites for hydroxylation is 3. The quantitative estimate of drug-likeness (QED) is 0.373. The Labute approximate surface area is 182 Å². The molecule has 1 heterocycles. The maximum Gasteiger partial charge on any atom is 0.233 e. The van der Waals surface area contributed by atoms with Gasteiger partial charge in [0.25, 0.3) is 0 Å². The van der Waals surface area contributed by atoms with Gasteiger partial charge >= 0.3 is 0 Å². The summed E-state index contributed by atoms with van der Waals surface area (Å²) in [5.41, 5.74) is 6.76. The van der Waals surface area contributed by atoms with Crippen molar-refractivity contribution in [2.24, 2.45) is 0 Å². The predicted molar refractivity (Wildman–Crippen MR) is 126 cm³/mol. The van der Waals surface area contributed by atoms with E-state index in [-0.39, 0.29) is 5.91 Å². The van der Waals surface area contributed by atoms with Gasteiger partial charge in [0.2, 0.25) is 5.91 Å². The number of anilines is 1. The molecule has 0 spiro atoms. The monoisotopic (exact) mass is 414 g/mol. The van der Waals surface area contributed by atoms with Crippen molar-refractivity contribution in [3.05, 3.63) is 94.5 Å². The molecule has 0 unspecified atom stereocenters. The van der Waals surface area contributed by atoms with Crippen molar-refractivity contribution in [1.82, 2.24) is 4.98 Å². The molecule has 0 saturated heterocycles. The molecule has 0 saturated carbocycles. The summed E-state index contributed by atoms with van der Waals surface area (Å²) < 4.78 is 1.13. The van der Waals surface area contributed by atoms with E-state index in [1.807, 2.05) is 23.1 Å². The van der Waals surface area contributed by atoms with Crippen LogP contribution in [0.5, 0.6) is 0 Å². The number of fused-ring (bicyclic) bond motifs is 1. The summed E-state index contributed by atoms with van der Waals surface area (Å²) in [5.74, 6) is 0.0721. The second-order valence-corrected chi connectivity index (χ2v) is 8.70. The van der Waals surface area contributed by atoms with Crippen molar-refractivity contribution in [2.75, 3.05) is 4.90 Å². The van der Waals surface area contributed by atoms with Gasteiger partial charge in [0.05, 0.1) is 23.2 Å². The SMILES string of the molecule is CCc1cccc2sc(N(Cc3ccccc3)C(=O)Cc3ccc(C)cc3C)nc12. The third-order valence-electron chi connectivity index (χ3n) is 5.43. The van der Waals surface area contributed by atoms with Gasteiger partial charge in [-0.1, -0.05) is 84.5 Å². The van der Waals surface area contributed by atoms with Crippen molar-refractivity contribution in [1.29, 1.82) is 0 Å². The molecule has 0 aliphatic rings. The standard InChI is InChI=1S/C26H26N2OS/c1-4-21-11-8-12-23-25(21)27-26(30-23)28(17-20-9-6-5-7-10-20)24(29)16-22-14-13-18(2)15-19(22)3/h5-15H,4,16-17H2,1-3H3. The van der Waals surface area contributed by atoms with Crippen LogP contribution in [0.25, 0.3) is 10.2 Å². The molecule has 0 N–H and O–H groups in total. The van der Waals surface area contributed by atoms with Crippen molar-refractivity contribution >= 4 is 32.6 Å². The fourth-order valence-electron chi connectivity index (χ4n) is 3.73. The zero-order chi connectivity index (χ0) is 21.1. The number of thiazole rings is 1. The predicted octanol–water partition coefficient (Wildman–Crippen LogP) is 6.25. The third kappa shape index (κ3) is 4.29. The number of para-hydroxylation sites is 1. The lowest BCUT2D eigenvalue weighted by molar-refractivity contribution is -0.118. The molecule has 0 bridgehead atoms. The topological polar surface area (TPSA) is 33.2 Å². The minimum Gasteiger partial charge on any atom is -0.283 e. The summed E-state index contributed by atoms with van der Waals surface area (Å²) in [6, 6.07) is 22.7. The lowest BCUT2D eigenvalue weighted by Gasteiger charge is -2.21. The number of carbonyl (C=O) groups excluding carboxylic acids is 1. The van der Waals surface area contributed by atoms with E-state index in [4.69, 9.17) is 4.98 Å². The van der Waals surface area contributed by atoms with Gasteiger partial charge in [-0.3, -0.25) is 9.69 Å². The number of rotatable bonds is 6. The summed E-state index contributed by atoms with van der Waals surface area (Å²) in [5, 5.41) is 0.768. The fraction of sp³-hybridized carbons (Fsp3) is 0.231. The highest BCUT2D eigenvalue weighted by molar-refractivity contribution is 7.22. The summed E-state index contributed by atoms with van der Waals surface area (Å²) >= 11 is 1.59. The molecule has 3 aromatic carbocycles. The van der Waals surface area contributed by atoms with Gasteiger partial charge < -0.3 is 0 Å². The number of aromatic nitrogens is 1. The van der Waals surface area contributed by atoms with Crippen molar-refractivity contribution in [3.63, 3.8) is 0 Å². The highest BCUT2D eigenvalue weighted by atomic mass is 32.1. The Morgan fingerprint density at radius 1 is 0.967 bits per heavy atom. The molecule has 4 rings (SSSR count). The van der Waals surface area contributed by atoms with Crippen LogP contribution in [0.2, 0.25) is 0 Å². The fourth-order valence-corrected chi connectivity index (χ4v) is 4.76. The van der Waals surface area contributed by atoms with Crippen LogP contribution >= 0.6 is 11.3 Å². The van der Waals surface area contributed by atoms with Gasteiger partial charge in [-0.2, -0.15) is 0 Å². The van der Waals surface area contributed by atoms with E-state index in [0.29, 0.717) is 13.0 Å². The molecule has 0 aliphatic heterocycles. The highest BCUT2D eigenvalue weighted by Gasteiger charge is 2.21. The Morgan fingerprint density at radius 3 is 2.50 bits per heavy atom. The van der Waals surface area contributed by atoms with Crippen LogP contribution < -0.4 is 4.90 Å². The van der Waals surface area contributed by atoms with Gasteiger partial charge in [0.15, 0.2) is 5.13 Å². The first-order valence-electron chi connectivity index (χ1n) is 10.3. The molecule has 0 radical (unpaired) electrons. The van der Waals surface area contributed by atoms with E-state index in [0.717, 1.165) is 38.5 Å². The van der Waals surface area contributed by atoms with Crippen molar-refractivity contribution < 1.29 is 4.79 Å². The van der Waals surface area contributed by atoms with Crippen LogP contribution in [0.15, 0.2) is 66.7 Å². The Morgan fingerprint density at radius 2 is 1.77 bits per heavy atom. The van der Waals surface area contributed by atoms with Crippen LogP contribution in [-0.4, -0.2) is 10.9 Å². The average molecular weight is 415 g/mol. The molecule has 4 aromatic rings. The number of benzene rings is 3. The number of hydrogen-bond donors (Lipinski definition) is 0. The molecule has 1 aromatic heterocycles. The normalized spacial score (nSPS) is 11.0. The van der Waals surface area contributed by atoms with Crippen LogP contribution in [0, 0.1) is 13.8 Å². The van der Waals surface area contributed by atoms with E-state index in [1.165, 1.54) is 11.1 Å². The molecule has 0 aliphatic carbocycles. The zero-order valence-corrected chi connectivity index (χ0v) is 18.5. The van der Waals surface area contributed by atoms with E-state index in [2.05, 4.69) is 69.3 Å². The maximum atomic E-state index is 13.5. The second-order valence-electron chi connectivity index (χ2n) is 7.69. The first kappa shape index (κ1) is 20.3. The van der Waals surface area contributed by atoms with E-state index >= 15 is 0 Å².